The molecule has 0 N–H and O–H groups in total. The predicted octanol–water partition coefficient (Wildman–Crippen LogP) is 3.65. The SMILES string of the molecule is CCC(C)N(C(=O)CSc1nnc(-c2ccccc2F)n1CC(C)C)C1CCS(=O)(=O)C1. The van der Waals surface area contributed by atoms with Gasteiger partial charge in [-0.1, -0.05) is 44.7 Å². The van der Waals surface area contributed by atoms with E-state index in [2.05, 4.69) is 24.0 Å². The quantitative estimate of drug-likeness (QED) is 0.507. The zero-order valence-corrected chi connectivity index (χ0v) is 20.6. The molecule has 0 saturated carbocycles. The molecule has 2 aromatic rings. The highest BCUT2D eigenvalue weighted by Crippen LogP contribution is 2.28. The molecule has 7 nitrogen and oxygen atoms in total. The van der Waals surface area contributed by atoms with Crippen molar-refractivity contribution in [3.63, 3.8) is 0 Å². The normalized spacial score (nSPS) is 18.8. The van der Waals surface area contributed by atoms with Gasteiger partial charge in [0.2, 0.25) is 5.91 Å². The highest BCUT2D eigenvalue weighted by Gasteiger charge is 2.36. The standard InChI is InChI=1S/C22H31FN4O3S2/c1-5-16(4)27(17-10-11-32(29,30)14-17)20(28)13-31-22-25-24-21(26(22)12-15(2)3)18-8-6-7-9-19(18)23/h6-9,15-17H,5,10-14H2,1-4H3. The van der Waals surface area contributed by atoms with E-state index in [9.17, 15) is 17.6 Å². The van der Waals surface area contributed by atoms with Gasteiger partial charge in [0, 0.05) is 18.6 Å². The molecule has 1 fully saturated rings. The van der Waals surface area contributed by atoms with E-state index in [0.717, 1.165) is 6.42 Å². The second kappa shape index (κ2) is 10.3. The van der Waals surface area contributed by atoms with Crippen LogP contribution in [0.5, 0.6) is 0 Å². The summed E-state index contributed by atoms with van der Waals surface area (Å²) in [5.41, 5.74) is 0.372. The third-order valence-electron chi connectivity index (χ3n) is 5.66. The van der Waals surface area contributed by atoms with Crippen LogP contribution in [0.3, 0.4) is 0 Å². The lowest BCUT2D eigenvalue weighted by Crippen LogP contribution is -2.47. The first-order valence-corrected chi connectivity index (χ1v) is 13.8. The summed E-state index contributed by atoms with van der Waals surface area (Å²) in [5, 5.41) is 9.01. The van der Waals surface area contributed by atoms with E-state index in [1.807, 2.05) is 18.4 Å². The smallest absolute Gasteiger partial charge is 0.233 e. The van der Waals surface area contributed by atoms with E-state index >= 15 is 0 Å². The zero-order valence-electron chi connectivity index (χ0n) is 19.0. The van der Waals surface area contributed by atoms with Crippen LogP contribution in [0.15, 0.2) is 29.4 Å². The van der Waals surface area contributed by atoms with Crippen molar-refractivity contribution in [1.82, 2.24) is 19.7 Å². The molecule has 10 heteroatoms. The van der Waals surface area contributed by atoms with Crippen molar-refractivity contribution in [2.75, 3.05) is 17.3 Å². The van der Waals surface area contributed by atoms with Gasteiger partial charge in [-0.15, -0.1) is 10.2 Å². The van der Waals surface area contributed by atoms with Crippen LogP contribution < -0.4 is 0 Å². The van der Waals surface area contributed by atoms with Crippen molar-refractivity contribution < 1.29 is 17.6 Å². The molecule has 0 radical (unpaired) electrons. The number of carbonyl (C=O) groups is 1. The van der Waals surface area contributed by atoms with E-state index < -0.39 is 9.84 Å². The first kappa shape index (κ1) is 24.7. The Morgan fingerprint density at radius 3 is 2.59 bits per heavy atom. The number of carbonyl (C=O) groups excluding carboxylic acids is 1. The zero-order chi connectivity index (χ0) is 23.5. The van der Waals surface area contributed by atoms with Gasteiger partial charge in [-0.3, -0.25) is 4.79 Å². The molecule has 0 spiro atoms. The average Bonchev–Trinajstić information content (AvgIpc) is 3.29. The van der Waals surface area contributed by atoms with Gasteiger partial charge in [0.1, 0.15) is 5.82 Å². The molecule has 2 atom stereocenters. The summed E-state index contributed by atoms with van der Waals surface area (Å²) in [7, 11) is -3.10. The van der Waals surface area contributed by atoms with Gasteiger partial charge in [-0.2, -0.15) is 0 Å². The van der Waals surface area contributed by atoms with Gasteiger partial charge in [0.25, 0.3) is 0 Å². The summed E-state index contributed by atoms with van der Waals surface area (Å²) in [4.78, 5) is 14.9. The molecule has 176 valence electrons. The second-order valence-electron chi connectivity index (χ2n) is 8.69. The fourth-order valence-electron chi connectivity index (χ4n) is 3.97. The van der Waals surface area contributed by atoms with Crippen LogP contribution >= 0.6 is 11.8 Å². The number of sulfone groups is 1. The minimum Gasteiger partial charge on any atom is -0.335 e. The second-order valence-corrected chi connectivity index (χ2v) is 11.9. The van der Waals surface area contributed by atoms with E-state index in [0.29, 0.717) is 29.5 Å². The molecular weight excluding hydrogens is 451 g/mol. The van der Waals surface area contributed by atoms with Crippen LogP contribution in [0.2, 0.25) is 0 Å². The molecule has 1 aliphatic heterocycles. The van der Waals surface area contributed by atoms with Crippen molar-refractivity contribution in [1.29, 1.82) is 0 Å². The molecule has 1 amide bonds. The molecule has 0 aliphatic carbocycles. The van der Waals surface area contributed by atoms with Gasteiger partial charge >= 0.3 is 0 Å². The number of halogens is 1. The monoisotopic (exact) mass is 482 g/mol. The predicted molar refractivity (Wildman–Crippen MR) is 125 cm³/mol. The minimum atomic E-state index is -3.10. The highest BCUT2D eigenvalue weighted by atomic mass is 32.2. The van der Waals surface area contributed by atoms with Crippen molar-refractivity contribution in [3.05, 3.63) is 30.1 Å². The number of aromatic nitrogens is 3. The van der Waals surface area contributed by atoms with E-state index in [1.165, 1.54) is 17.8 Å². The van der Waals surface area contributed by atoms with Gasteiger partial charge in [0.05, 0.1) is 22.8 Å². The van der Waals surface area contributed by atoms with E-state index in [1.54, 1.807) is 23.1 Å². The lowest BCUT2D eigenvalue weighted by atomic mass is 10.1. The Hall–Kier alpha value is -1.94. The lowest BCUT2D eigenvalue weighted by molar-refractivity contribution is -0.132. The third kappa shape index (κ3) is 5.70. The van der Waals surface area contributed by atoms with Crippen molar-refractivity contribution in [2.24, 2.45) is 5.92 Å². The molecule has 2 unspecified atom stereocenters. The van der Waals surface area contributed by atoms with Crippen molar-refractivity contribution >= 4 is 27.5 Å². The molecule has 3 rings (SSSR count). The van der Waals surface area contributed by atoms with Crippen LogP contribution in [0, 0.1) is 11.7 Å². The van der Waals surface area contributed by atoms with Crippen LogP contribution in [0.4, 0.5) is 4.39 Å². The Morgan fingerprint density at radius 1 is 1.28 bits per heavy atom. The highest BCUT2D eigenvalue weighted by molar-refractivity contribution is 7.99. The summed E-state index contributed by atoms with van der Waals surface area (Å²) in [6.45, 7) is 8.63. The summed E-state index contributed by atoms with van der Waals surface area (Å²) >= 11 is 1.26. The van der Waals surface area contributed by atoms with Gasteiger partial charge in [0.15, 0.2) is 20.8 Å². The first-order valence-electron chi connectivity index (χ1n) is 11.0. The Morgan fingerprint density at radius 2 is 2.00 bits per heavy atom. The average molecular weight is 483 g/mol. The summed E-state index contributed by atoms with van der Waals surface area (Å²) in [6, 6.07) is 6.10. The number of hydrogen-bond acceptors (Lipinski definition) is 6. The molecule has 32 heavy (non-hydrogen) atoms. The molecule has 2 heterocycles. The number of benzene rings is 1. The number of rotatable bonds is 9. The number of thioether (sulfide) groups is 1. The first-order chi connectivity index (χ1) is 15.1. The molecule has 1 aromatic heterocycles. The maximum atomic E-state index is 14.4. The minimum absolute atomic E-state index is 0.0225. The van der Waals surface area contributed by atoms with Crippen molar-refractivity contribution in [2.45, 2.75) is 64.3 Å². The number of amides is 1. The summed E-state index contributed by atoms with van der Waals surface area (Å²) in [5.74, 6) is 0.489. The van der Waals surface area contributed by atoms with Crippen LogP contribution in [0.1, 0.15) is 40.5 Å². The van der Waals surface area contributed by atoms with Gasteiger partial charge in [-0.05, 0) is 37.8 Å². The molecule has 1 saturated heterocycles. The Kier molecular flexibility index (Phi) is 7.97. The molecule has 1 aliphatic rings. The maximum Gasteiger partial charge on any atom is 0.233 e. The molecule has 1 aromatic carbocycles. The van der Waals surface area contributed by atoms with Gasteiger partial charge in [-0.25, -0.2) is 12.8 Å². The van der Waals surface area contributed by atoms with Gasteiger partial charge < -0.3 is 9.47 Å². The molecule has 0 bridgehead atoms. The summed E-state index contributed by atoms with van der Waals surface area (Å²) < 4.78 is 40.2. The molecular formula is C22H31FN4O3S2. The topological polar surface area (TPSA) is 85.2 Å². The van der Waals surface area contributed by atoms with E-state index in [-0.39, 0.29) is 47.0 Å². The van der Waals surface area contributed by atoms with Crippen molar-refractivity contribution in [3.8, 4) is 11.4 Å². The van der Waals surface area contributed by atoms with E-state index in [4.69, 9.17) is 0 Å². The van der Waals surface area contributed by atoms with Crippen LogP contribution in [-0.2, 0) is 21.2 Å². The third-order valence-corrected chi connectivity index (χ3v) is 8.36. The Balaban J connectivity index is 1.82. The Labute approximate surface area is 193 Å². The summed E-state index contributed by atoms with van der Waals surface area (Å²) in [6.07, 6.45) is 1.22. The van der Waals surface area contributed by atoms with Crippen LogP contribution in [-0.4, -0.2) is 63.3 Å². The number of nitrogens with zero attached hydrogens (tertiary/aromatic N) is 4. The van der Waals surface area contributed by atoms with Crippen LogP contribution in [0.25, 0.3) is 11.4 Å². The fourth-order valence-corrected chi connectivity index (χ4v) is 6.50. The maximum absolute atomic E-state index is 14.4. The Bertz CT molecular complexity index is 1060. The largest absolute Gasteiger partial charge is 0.335 e. The fraction of sp³-hybridized carbons (Fsp3) is 0.591. The number of hydrogen-bond donors (Lipinski definition) is 0. The lowest BCUT2D eigenvalue weighted by Gasteiger charge is -2.33.